The number of hydrogen-bond donors (Lipinski definition) is 14. The minimum atomic E-state index is -1.63. The molecule has 19 nitrogen and oxygen atoms in total. The molecule has 2 saturated heterocycles. The van der Waals surface area contributed by atoms with E-state index in [0.717, 1.165) is 0 Å². The van der Waals surface area contributed by atoms with Gasteiger partial charge < -0.3 is 93.4 Å². The normalized spacial score (nSPS) is 43.6. The molecule has 1 saturated carbocycles. The number of ether oxygens (including phenoxy) is 4. The summed E-state index contributed by atoms with van der Waals surface area (Å²) in [4.78, 5) is 12.5. The maximum Gasteiger partial charge on any atom is 0.250 e. The second kappa shape index (κ2) is 16.4. The molecular weight excluding hydrogens is 580 g/mol. The molecule has 2 heterocycles. The Kier molecular flexibility index (Phi) is 13.8. The van der Waals surface area contributed by atoms with E-state index in [0.29, 0.717) is 0 Å². The van der Waals surface area contributed by atoms with Gasteiger partial charge in [-0.3, -0.25) is 4.79 Å². The Balaban J connectivity index is 1.78. The van der Waals surface area contributed by atoms with E-state index in [1.165, 1.54) is 0 Å². The van der Waals surface area contributed by atoms with Crippen molar-refractivity contribution in [3.05, 3.63) is 0 Å². The van der Waals surface area contributed by atoms with E-state index in [-0.39, 0.29) is 25.9 Å². The van der Waals surface area contributed by atoms with Crippen LogP contribution in [0.4, 0.5) is 0 Å². The van der Waals surface area contributed by atoms with Crippen molar-refractivity contribution in [2.75, 3.05) is 32.8 Å². The number of rotatable bonds is 13. The highest BCUT2D eigenvalue weighted by Crippen LogP contribution is 2.31. The molecule has 0 aromatic carbocycles. The van der Waals surface area contributed by atoms with Crippen LogP contribution in [0.5, 0.6) is 0 Å². The topological polar surface area (TPSA) is 344 Å². The van der Waals surface area contributed by atoms with Crippen molar-refractivity contribution in [1.29, 1.82) is 0 Å². The summed E-state index contributed by atoms with van der Waals surface area (Å²) in [5.74, 6) is -0.876. The molecule has 0 radical (unpaired) electrons. The molecule has 19 heteroatoms. The van der Waals surface area contributed by atoms with Crippen LogP contribution in [-0.2, 0) is 23.7 Å². The Morgan fingerprint density at radius 2 is 1.53 bits per heavy atom. The molecule has 2 unspecified atom stereocenters. The number of hydrogen-bond acceptors (Lipinski definition) is 18. The Labute approximate surface area is 248 Å². The first kappa shape index (κ1) is 36.3. The Hall–Kier alpha value is -1.21. The van der Waals surface area contributed by atoms with E-state index >= 15 is 0 Å². The standard InChI is InChI=1S/C24H48N6O13/c25-3-13(35)22(39)30-11-1-9(26)20(19(38)21(11)43-24-18(37)16(28)17(36)15(7-32)41-24)42-23-10(27)2-12(34)14(40-23)5-29-4-8(33)6-31/h8-21,23-24,29,31-38H,1-7,25-28H2,(H,30,39)/t8?,9-,10+,11+,12-,13-,14+,15+,16-,17+,18+,19-,20?,21-,23+,24+/m0/s1. The smallest absolute Gasteiger partial charge is 0.250 e. The maximum atomic E-state index is 12.5. The van der Waals surface area contributed by atoms with Crippen LogP contribution in [0.3, 0.4) is 0 Å². The van der Waals surface area contributed by atoms with Crippen LogP contribution in [0, 0.1) is 0 Å². The van der Waals surface area contributed by atoms with Gasteiger partial charge in [0.1, 0.15) is 42.7 Å². The summed E-state index contributed by atoms with van der Waals surface area (Å²) in [5, 5.41) is 86.1. The highest BCUT2D eigenvalue weighted by atomic mass is 16.7. The number of carbonyl (C=O) groups excluding carboxylic acids is 1. The molecule has 1 aliphatic carbocycles. The molecule has 1 amide bonds. The average Bonchev–Trinajstić information content (AvgIpc) is 2.98. The number of aliphatic hydroxyl groups is 8. The van der Waals surface area contributed by atoms with Crippen molar-refractivity contribution in [2.45, 2.75) is 111 Å². The van der Waals surface area contributed by atoms with Crippen LogP contribution in [0.25, 0.3) is 0 Å². The molecule has 0 aromatic rings. The van der Waals surface area contributed by atoms with Gasteiger partial charge in [0.05, 0.1) is 49.7 Å². The molecule has 3 fully saturated rings. The highest BCUT2D eigenvalue weighted by molar-refractivity contribution is 5.81. The molecule has 3 aliphatic rings. The maximum absolute atomic E-state index is 12.5. The van der Waals surface area contributed by atoms with Crippen molar-refractivity contribution in [2.24, 2.45) is 22.9 Å². The fourth-order valence-electron chi connectivity index (χ4n) is 5.34. The number of nitrogens with two attached hydrogens (primary N) is 4. The summed E-state index contributed by atoms with van der Waals surface area (Å²) in [6, 6.07) is -4.16. The molecule has 3 rings (SSSR count). The summed E-state index contributed by atoms with van der Waals surface area (Å²) in [7, 11) is 0. The van der Waals surface area contributed by atoms with Gasteiger partial charge in [-0.25, -0.2) is 0 Å². The van der Waals surface area contributed by atoms with Crippen molar-refractivity contribution in [3.8, 4) is 0 Å². The SMILES string of the molecule is NC[C@H](O)C(=O)N[C@@H]1C[C@H](N)C(O[C@H]2O[C@H](CNCC(O)CO)[C@@H](O)C[C@H]2N)[C@H](O)[C@H]1O[C@H]1O[C@H](CO)[C@@H](O)[C@H](N)[C@H]1O. The third-order valence-electron chi connectivity index (χ3n) is 7.93. The van der Waals surface area contributed by atoms with Crippen molar-refractivity contribution in [1.82, 2.24) is 10.6 Å². The van der Waals surface area contributed by atoms with Gasteiger partial charge in [-0.15, -0.1) is 0 Å². The predicted octanol–water partition coefficient (Wildman–Crippen LogP) is -8.83. The highest BCUT2D eigenvalue weighted by Gasteiger charge is 2.51. The average molecular weight is 629 g/mol. The summed E-state index contributed by atoms with van der Waals surface area (Å²) >= 11 is 0. The summed E-state index contributed by atoms with van der Waals surface area (Å²) < 4.78 is 23.3. The Morgan fingerprint density at radius 1 is 0.884 bits per heavy atom. The summed E-state index contributed by atoms with van der Waals surface area (Å²) in [5.41, 5.74) is 23.8. The summed E-state index contributed by atoms with van der Waals surface area (Å²) in [6.45, 7) is -1.41. The second-order valence-corrected chi connectivity index (χ2v) is 11.2. The van der Waals surface area contributed by atoms with Gasteiger partial charge in [-0.05, 0) is 12.8 Å². The van der Waals surface area contributed by atoms with Crippen LogP contribution in [0.15, 0.2) is 0 Å². The lowest BCUT2D eigenvalue weighted by Crippen LogP contribution is -2.69. The Bertz CT molecular complexity index is 867. The molecule has 43 heavy (non-hydrogen) atoms. The lowest BCUT2D eigenvalue weighted by atomic mass is 9.83. The van der Waals surface area contributed by atoms with E-state index in [1.807, 2.05) is 0 Å². The zero-order chi connectivity index (χ0) is 32.0. The van der Waals surface area contributed by atoms with Crippen LogP contribution >= 0.6 is 0 Å². The summed E-state index contributed by atoms with van der Waals surface area (Å²) in [6.07, 6.45) is -15.7. The van der Waals surface area contributed by atoms with Crippen molar-refractivity contribution >= 4 is 5.91 Å². The van der Waals surface area contributed by atoms with Gasteiger partial charge in [0, 0.05) is 25.7 Å². The Morgan fingerprint density at radius 3 is 2.16 bits per heavy atom. The largest absolute Gasteiger partial charge is 0.394 e. The van der Waals surface area contributed by atoms with Gasteiger partial charge >= 0.3 is 0 Å². The molecule has 0 aromatic heterocycles. The van der Waals surface area contributed by atoms with E-state index in [2.05, 4.69) is 10.6 Å². The third kappa shape index (κ3) is 8.95. The molecule has 252 valence electrons. The zero-order valence-electron chi connectivity index (χ0n) is 23.6. The van der Waals surface area contributed by atoms with Crippen LogP contribution in [0.1, 0.15) is 12.8 Å². The first-order valence-electron chi connectivity index (χ1n) is 14.2. The third-order valence-corrected chi connectivity index (χ3v) is 7.93. The van der Waals surface area contributed by atoms with Gasteiger partial charge in [0.2, 0.25) is 5.91 Å². The minimum absolute atomic E-state index is 0.0325. The van der Waals surface area contributed by atoms with Crippen LogP contribution < -0.4 is 33.6 Å². The molecule has 2 aliphatic heterocycles. The number of nitrogens with one attached hydrogen (secondary N) is 2. The lowest BCUT2D eigenvalue weighted by Gasteiger charge is -2.48. The molecule has 0 bridgehead atoms. The molecule has 18 N–H and O–H groups in total. The zero-order valence-corrected chi connectivity index (χ0v) is 23.6. The van der Waals surface area contributed by atoms with Gasteiger partial charge in [0.15, 0.2) is 12.6 Å². The predicted molar refractivity (Wildman–Crippen MR) is 144 cm³/mol. The quantitative estimate of drug-likeness (QED) is 0.0899. The fraction of sp³-hybridized carbons (Fsp3) is 0.958. The number of aliphatic hydroxyl groups excluding tert-OH is 8. The first-order valence-corrected chi connectivity index (χ1v) is 14.2. The van der Waals surface area contributed by atoms with Gasteiger partial charge in [-0.1, -0.05) is 0 Å². The first-order chi connectivity index (χ1) is 20.3. The monoisotopic (exact) mass is 628 g/mol. The van der Waals surface area contributed by atoms with Gasteiger partial charge in [-0.2, -0.15) is 0 Å². The molecule has 16 atom stereocenters. The van der Waals surface area contributed by atoms with E-state index < -0.39 is 123 Å². The van der Waals surface area contributed by atoms with Crippen LogP contribution in [0.2, 0.25) is 0 Å². The van der Waals surface area contributed by atoms with Crippen molar-refractivity contribution in [3.63, 3.8) is 0 Å². The van der Waals surface area contributed by atoms with E-state index in [9.17, 15) is 40.5 Å². The van der Waals surface area contributed by atoms with E-state index in [4.69, 9.17) is 47.0 Å². The fourth-order valence-corrected chi connectivity index (χ4v) is 5.34. The molecule has 0 spiro atoms. The number of amides is 1. The minimum Gasteiger partial charge on any atom is -0.394 e. The second-order valence-electron chi connectivity index (χ2n) is 11.2. The van der Waals surface area contributed by atoms with E-state index in [1.54, 1.807) is 0 Å². The van der Waals surface area contributed by atoms with Crippen molar-refractivity contribution < 1.29 is 64.6 Å². The van der Waals surface area contributed by atoms with Gasteiger partial charge in [0.25, 0.3) is 0 Å². The van der Waals surface area contributed by atoms with Crippen LogP contribution in [-0.4, -0.2) is 177 Å². The number of carbonyl (C=O) groups is 1. The lowest BCUT2D eigenvalue weighted by molar-refractivity contribution is -0.316. The molecular formula is C24H48N6O13.